The van der Waals surface area contributed by atoms with Crippen LogP contribution in [-0.2, 0) is 9.53 Å². The Hall–Kier alpha value is -1.59. The third-order valence-corrected chi connectivity index (χ3v) is 2.55. The predicted octanol–water partition coefficient (Wildman–Crippen LogP) is 2.60. The van der Waals surface area contributed by atoms with Gasteiger partial charge in [-0.05, 0) is 26.8 Å². The monoisotopic (exact) mass is 285 g/mol. The number of amides is 1. The molecule has 6 heteroatoms. The number of ether oxygens (including phenoxy) is 1. The van der Waals surface area contributed by atoms with Crippen molar-refractivity contribution in [1.29, 1.82) is 0 Å². The zero-order chi connectivity index (χ0) is 14.6. The van der Waals surface area contributed by atoms with Crippen molar-refractivity contribution in [1.82, 2.24) is 5.32 Å². The van der Waals surface area contributed by atoms with Crippen LogP contribution in [0, 0.1) is 0 Å². The van der Waals surface area contributed by atoms with Crippen LogP contribution in [-0.4, -0.2) is 23.1 Å². The van der Waals surface area contributed by atoms with Crippen LogP contribution in [0.15, 0.2) is 18.2 Å². The normalized spacial score (nSPS) is 12.8. The maximum absolute atomic E-state index is 11.3. The fourth-order valence-electron chi connectivity index (χ4n) is 1.59. The van der Waals surface area contributed by atoms with Crippen LogP contribution in [0.2, 0.25) is 5.02 Å². The average molecular weight is 286 g/mol. The van der Waals surface area contributed by atoms with Crippen LogP contribution in [0.5, 0.6) is 0 Å². The highest BCUT2D eigenvalue weighted by atomic mass is 35.5. The second-order valence-corrected chi connectivity index (χ2v) is 5.31. The molecule has 0 saturated carbocycles. The van der Waals surface area contributed by atoms with Gasteiger partial charge in [0.2, 0.25) is 6.41 Å². The zero-order valence-electron chi connectivity index (χ0n) is 10.9. The molecule has 0 aromatic heterocycles. The van der Waals surface area contributed by atoms with Crippen LogP contribution in [0.4, 0.5) is 0 Å². The van der Waals surface area contributed by atoms with Gasteiger partial charge in [0, 0.05) is 5.56 Å². The van der Waals surface area contributed by atoms with Crippen molar-refractivity contribution in [2.75, 3.05) is 0 Å². The molecule has 0 saturated heterocycles. The number of nitrogens with one attached hydrogen (secondary N) is 1. The number of carboxylic acid groups (broad SMARTS) is 1. The minimum atomic E-state index is -1.17. The standard InChI is InChI=1S/C13H16ClNO4/c1-13(2,3)19-11(15-7-16)8-5-4-6-9(14)10(8)12(17)18/h4-7,11H,1-3H3,(H,15,16)(H,17,18). The number of hydrogen-bond donors (Lipinski definition) is 2. The summed E-state index contributed by atoms with van der Waals surface area (Å²) in [7, 11) is 0. The van der Waals surface area contributed by atoms with E-state index in [-0.39, 0.29) is 10.6 Å². The maximum atomic E-state index is 11.3. The first-order chi connectivity index (χ1) is 8.76. The summed E-state index contributed by atoms with van der Waals surface area (Å²) in [5, 5.41) is 11.8. The Morgan fingerprint density at radius 1 is 1.47 bits per heavy atom. The Morgan fingerprint density at radius 3 is 2.58 bits per heavy atom. The van der Waals surface area contributed by atoms with E-state index in [1.807, 2.05) is 0 Å². The summed E-state index contributed by atoms with van der Waals surface area (Å²) in [6.45, 7) is 5.41. The van der Waals surface area contributed by atoms with Crippen molar-refractivity contribution in [3.05, 3.63) is 34.3 Å². The molecule has 1 aromatic rings. The molecule has 1 unspecified atom stereocenters. The van der Waals surface area contributed by atoms with Crippen LogP contribution >= 0.6 is 11.6 Å². The number of aromatic carboxylic acids is 1. The van der Waals surface area contributed by atoms with E-state index in [2.05, 4.69) is 5.32 Å². The van der Waals surface area contributed by atoms with E-state index in [9.17, 15) is 14.7 Å². The van der Waals surface area contributed by atoms with Gasteiger partial charge in [-0.2, -0.15) is 0 Å². The van der Waals surface area contributed by atoms with Crippen molar-refractivity contribution in [2.24, 2.45) is 0 Å². The number of rotatable bonds is 5. The van der Waals surface area contributed by atoms with E-state index in [0.29, 0.717) is 12.0 Å². The van der Waals surface area contributed by atoms with Crippen LogP contribution < -0.4 is 5.32 Å². The lowest BCUT2D eigenvalue weighted by atomic mass is 10.1. The van der Waals surface area contributed by atoms with Gasteiger partial charge < -0.3 is 15.2 Å². The summed E-state index contributed by atoms with van der Waals surface area (Å²) in [6.07, 6.45) is -0.412. The summed E-state index contributed by atoms with van der Waals surface area (Å²) < 4.78 is 5.65. The minimum Gasteiger partial charge on any atom is -0.478 e. The van der Waals surface area contributed by atoms with Gasteiger partial charge >= 0.3 is 5.97 Å². The van der Waals surface area contributed by atoms with E-state index in [4.69, 9.17) is 16.3 Å². The number of hydrogen-bond acceptors (Lipinski definition) is 3. The van der Waals surface area contributed by atoms with Crippen LogP contribution in [0.3, 0.4) is 0 Å². The van der Waals surface area contributed by atoms with Gasteiger partial charge in [0.15, 0.2) is 6.23 Å². The van der Waals surface area contributed by atoms with Crippen LogP contribution in [0.1, 0.15) is 42.9 Å². The summed E-state index contributed by atoms with van der Waals surface area (Å²) in [5.41, 5.74) is -0.325. The lowest BCUT2D eigenvalue weighted by molar-refractivity contribution is -0.120. The Labute approximate surface area is 116 Å². The molecule has 5 nitrogen and oxygen atoms in total. The number of carbonyl (C=O) groups is 2. The summed E-state index contributed by atoms with van der Waals surface area (Å²) >= 11 is 5.89. The fourth-order valence-corrected chi connectivity index (χ4v) is 1.85. The van der Waals surface area contributed by atoms with Gasteiger partial charge in [0.05, 0.1) is 16.2 Å². The molecule has 19 heavy (non-hydrogen) atoms. The lowest BCUT2D eigenvalue weighted by Gasteiger charge is -2.28. The number of carbonyl (C=O) groups excluding carboxylic acids is 1. The molecule has 0 radical (unpaired) electrons. The van der Waals surface area contributed by atoms with Crippen molar-refractivity contribution in [3.63, 3.8) is 0 Å². The van der Waals surface area contributed by atoms with Gasteiger partial charge in [-0.25, -0.2) is 4.79 Å². The zero-order valence-corrected chi connectivity index (χ0v) is 11.7. The van der Waals surface area contributed by atoms with Crippen molar-refractivity contribution in [2.45, 2.75) is 32.6 Å². The predicted molar refractivity (Wildman–Crippen MR) is 71.2 cm³/mol. The van der Waals surface area contributed by atoms with Gasteiger partial charge in [0.25, 0.3) is 0 Å². The highest BCUT2D eigenvalue weighted by molar-refractivity contribution is 6.33. The maximum Gasteiger partial charge on any atom is 0.337 e. The fraction of sp³-hybridized carbons (Fsp3) is 0.385. The average Bonchev–Trinajstić information content (AvgIpc) is 2.25. The van der Waals surface area contributed by atoms with Gasteiger partial charge in [0.1, 0.15) is 0 Å². The third kappa shape index (κ3) is 4.22. The highest BCUT2D eigenvalue weighted by Crippen LogP contribution is 2.28. The Kier molecular flexibility index (Phi) is 4.91. The first-order valence-electron chi connectivity index (χ1n) is 5.65. The SMILES string of the molecule is CC(C)(C)OC(NC=O)c1cccc(Cl)c1C(=O)O. The quantitative estimate of drug-likeness (QED) is 0.644. The second-order valence-electron chi connectivity index (χ2n) is 4.90. The molecule has 104 valence electrons. The largest absolute Gasteiger partial charge is 0.478 e. The van der Waals surface area contributed by atoms with Crippen molar-refractivity contribution >= 4 is 24.0 Å². The molecule has 1 amide bonds. The Bertz CT molecular complexity index is 482. The molecule has 1 aromatic carbocycles. The summed E-state index contributed by atoms with van der Waals surface area (Å²) in [5.74, 6) is -1.17. The molecule has 0 aliphatic rings. The van der Waals surface area contributed by atoms with Crippen molar-refractivity contribution < 1.29 is 19.4 Å². The van der Waals surface area contributed by atoms with E-state index in [0.717, 1.165) is 0 Å². The van der Waals surface area contributed by atoms with Crippen molar-refractivity contribution in [3.8, 4) is 0 Å². The minimum absolute atomic E-state index is 0.0761. The molecule has 0 spiro atoms. The van der Waals surface area contributed by atoms with E-state index < -0.39 is 17.8 Å². The number of benzene rings is 1. The van der Waals surface area contributed by atoms with E-state index in [1.54, 1.807) is 32.9 Å². The molecule has 0 aliphatic heterocycles. The van der Waals surface area contributed by atoms with Crippen LogP contribution in [0.25, 0.3) is 0 Å². The molecule has 0 heterocycles. The topological polar surface area (TPSA) is 75.6 Å². The highest BCUT2D eigenvalue weighted by Gasteiger charge is 2.25. The Balaban J connectivity index is 3.26. The molecule has 0 aliphatic carbocycles. The lowest BCUT2D eigenvalue weighted by Crippen LogP contribution is -2.32. The summed E-state index contributed by atoms with van der Waals surface area (Å²) in [6, 6.07) is 4.64. The molecular weight excluding hydrogens is 270 g/mol. The van der Waals surface area contributed by atoms with E-state index >= 15 is 0 Å². The van der Waals surface area contributed by atoms with E-state index in [1.165, 1.54) is 6.07 Å². The molecule has 1 atom stereocenters. The smallest absolute Gasteiger partial charge is 0.337 e. The second kappa shape index (κ2) is 6.04. The number of halogens is 1. The molecule has 0 bridgehead atoms. The van der Waals surface area contributed by atoms with Gasteiger partial charge in [-0.3, -0.25) is 4.79 Å². The molecule has 0 fully saturated rings. The van der Waals surface area contributed by atoms with Gasteiger partial charge in [-0.15, -0.1) is 0 Å². The Morgan fingerprint density at radius 2 is 2.11 bits per heavy atom. The van der Waals surface area contributed by atoms with Gasteiger partial charge in [-0.1, -0.05) is 23.7 Å². The molecule has 1 rings (SSSR count). The molecular formula is C13H16ClNO4. The molecule has 2 N–H and O–H groups in total. The first-order valence-corrected chi connectivity index (χ1v) is 6.03. The first kappa shape index (κ1) is 15.5. The third-order valence-electron chi connectivity index (χ3n) is 2.23. The summed E-state index contributed by atoms with van der Waals surface area (Å²) in [4.78, 5) is 21.9. The number of carboxylic acids is 1.